The van der Waals surface area contributed by atoms with Crippen LogP contribution in [0, 0.1) is 42.3 Å². The number of hydrogen-bond acceptors (Lipinski definition) is 21. The van der Waals surface area contributed by atoms with Crippen molar-refractivity contribution < 1.29 is 102 Å². The van der Waals surface area contributed by atoms with E-state index < -0.39 is 66.6 Å². The Bertz CT molecular complexity index is 6730. The van der Waals surface area contributed by atoms with Crippen LogP contribution in [0.2, 0.25) is 20.1 Å². The van der Waals surface area contributed by atoms with Crippen LogP contribution in [-0.2, 0) is 49.4 Å². The third-order valence-corrected chi connectivity index (χ3v) is 25.9. The highest BCUT2D eigenvalue weighted by molar-refractivity contribution is 6.32. The highest BCUT2D eigenvalue weighted by Gasteiger charge is 2.41. The molecule has 4 aromatic heterocycles. The maximum atomic E-state index is 13.5. The number of methoxy groups -OCH3 is 1. The molecule has 5 aliphatic heterocycles. The summed E-state index contributed by atoms with van der Waals surface area (Å²) in [6.45, 7) is 6.90. The number of carbonyl (C=O) groups excluding carboxylic acids is 5. The van der Waals surface area contributed by atoms with Crippen molar-refractivity contribution in [2.45, 2.75) is 81.5 Å². The number of halogens is 5. The van der Waals surface area contributed by atoms with Gasteiger partial charge in [-0.1, -0.05) is 107 Å². The van der Waals surface area contributed by atoms with Crippen molar-refractivity contribution in [3.8, 4) is 65.3 Å². The minimum Gasteiger partial charge on any atom is -0.491 e. The average Bonchev–Trinajstić information content (AvgIpc) is 1.61. The number of benzene rings is 9. The van der Waals surface area contributed by atoms with Gasteiger partial charge in [0.2, 0.25) is 0 Å². The number of H-pyrrole nitrogens is 4. The standard InChI is InChI=1S/C33H34ClFN4O5.2C25H25ClN2O5.C24H23ClN2O5/c1-42-19-18-37-14-16-38(17-15-37)30(40)21-43-25-7-2-22(3-8-25)32-31-27(28-20-23(34)4-11-29(28)36-31)12-13-39(32)33(41)44-26-9-5-24(35)6-10-26;2*1-2-3-12-32-25(31)28-11-10-20-21-13-17(26)6-9-22(21)27-23(20)24(28)16-4-7-19(8-5-16)33-15-18(30)14-29;1-2-11-31-24(30)27-10-9-19-20-12-16(25)5-8-21(20)26-22(19)23(27)15-3-6-18(7-4-15)32-14-17(29)13-28/h2-11,20,32,36H,12-19,21H2,1H3;4-9,13,18,24,27,29-30H,10-12,14-15H2,1H3;1,4-9,13,18,24,27,29-30H,3,10-12,14-15H2;1,3-8,12,17,23,26,28-29H,9-11,13-14H2. The maximum absolute atomic E-state index is 13.5. The summed E-state index contributed by atoms with van der Waals surface area (Å²) >= 11 is 25.0. The first kappa shape index (κ1) is 103. The number of aromatic amines is 4. The molecule has 9 heterocycles. The van der Waals surface area contributed by atoms with E-state index in [4.69, 9.17) is 117 Å². The lowest BCUT2D eigenvalue weighted by atomic mass is 9.92. The molecule has 0 aliphatic carbocycles. The fraction of sp³-hybridized carbons (Fsp3) is 0.318. The van der Waals surface area contributed by atoms with E-state index in [1.807, 2.05) is 138 Å². The minimum atomic E-state index is -0.949. The number of carbonyl (C=O) groups is 5. The minimum absolute atomic E-state index is 0.0108. The van der Waals surface area contributed by atoms with E-state index >= 15 is 0 Å². The predicted octanol–water partition coefficient (Wildman–Crippen LogP) is 15.9. The monoisotopic (exact) mass is 2010 g/mol. The summed E-state index contributed by atoms with van der Waals surface area (Å²) < 4.78 is 62.7. The van der Waals surface area contributed by atoms with Crippen molar-refractivity contribution >= 4 is 120 Å². The van der Waals surface area contributed by atoms with Gasteiger partial charge in [0.25, 0.3) is 5.91 Å². The molecule has 1 saturated heterocycles. The molecular weight excluding hydrogens is 1910 g/mol. The van der Waals surface area contributed by atoms with Gasteiger partial charge in [-0.25, -0.2) is 23.6 Å². The second-order valence-corrected chi connectivity index (χ2v) is 35.8. The zero-order valence-corrected chi connectivity index (χ0v) is 80.8. The van der Waals surface area contributed by atoms with Crippen LogP contribution >= 0.6 is 46.4 Å². The van der Waals surface area contributed by atoms with Crippen LogP contribution in [0.5, 0.6) is 28.7 Å². The van der Waals surface area contributed by atoms with Crippen molar-refractivity contribution in [1.29, 1.82) is 0 Å². The molecule has 18 rings (SSSR count). The van der Waals surface area contributed by atoms with Crippen LogP contribution in [0.25, 0.3) is 43.6 Å². The van der Waals surface area contributed by atoms with Crippen molar-refractivity contribution in [1.82, 2.24) is 49.3 Å². The molecule has 5 aliphatic rings. The number of ether oxygens (including phenoxy) is 9. The highest BCUT2D eigenvalue weighted by Crippen LogP contribution is 2.46. The first-order chi connectivity index (χ1) is 68.9. The Hall–Kier alpha value is -13.7. The zero-order valence-electron chi connectivity index (χ0n) is 77.8. The summed E-state index contributed by atoms with van der Waals surface area (Å²) in [5.74, 6) is 12.3. The molecule has 142 heavy (non-hydrogen) atoms. The zero-order chi connectivity index (χ0) is 100. The molecule has 7 atom stereocenters. The summed E-state index contributed by atoms with van der Waals surface area (Å²) in [5.41, 5.74) is 15.3. The lowest BCUT2D eigenvalue weighted by Gasteiger charge is -2.35. The molecule has 740 valence electrons. The fourth-order valence-electron chi connectivity index (χ4n) is 18.0. The van der Waals surface area contributed by atoms with Crippen LogP contribution in [0.3, 0.4) is 0 Å². The van der Waals surface area contributed by atoms with Crippen molar-refractivity contribution in [2.75, 3.05) is 139 Å². The van der Waals surface area contributed by atoms with Gasteiger partial charge < -0.3 is 98.1 Å². The number of rotatable bonds is 27. The number of aliphatic hydroxyl groups is 6. The van der Waals surface area contributed by atoms with Crippen molar-refractivity contribution in [3.63, 3.8) is 0 Å². The summed E-state index contributed by atoms with van der Waals surface area (Å²) in [6, 6.07) is 55.8. The molecule has 5 amide bonds. The first-order valence-corrected chi connectivity index (χ1v) is 47.7. The second-order valence-electron chi connectivity index (χ2n) is 34.1. The molecule has 7 unspecified atom stereocenters. The average molecular weight is 2010 g/mol. The Morgan fingerprint density at radius 3 is 1.08 bits per heavy atom. The topological polar surface area (TPSA) is 372 Å². The molecule has 0 saturated carbocycles. The van der Waals surface area contributed by atoms with E-state index in [9.17, 15) is 43.7 Å². The van der Waals surface area contributed by atoms with Gasteiger partial charge in [-0.05, 0) is 223 Å². The predicted molar refractivity (Wildman–Crippen MR) is 536 cm³/mol. The molecular formula is C107H107Cl4FN10O20. The Kier molecular flexibility index (Phi) is 35.2. The quantitative estimate of drug-likeness (QED) is 0.0130. The molecule has 1 fully saturated rings. The molecule has 10 N–H and O–H groups in total. The summed E-state index contributed by atoms with van der Waals surface area (Å²) in [7, 11) is 1.69. The number of nitrogens with zero attached hydrogens (tertiary/aromatic N) is 6. The highest BCUT2D eigenvalue weighted by atomic mass is 35.5. The van der Waals surface area contributed by atoms with E-state index in [0.717, 1.165) is 131 Å². The van der Waals surface area contributed by atoms with Gasteiger partial charge in [0.1, 0.15) is 103 Å². The normalized spacial score (nSPS) is 16.4. The molecule has 0 bridgehead atoms. The molecule has 0 radical (unpaired) electrons. The lowest BCUT2D eigenvalue weighted by molar-refractivity contribution is -0.135. The number of hydrogen-bond donors (Lipinski definition) is 10. The second kappa shape index (κ2) is 48.7. The Morgan fingerprint density at radius 1 is 0.415 bits per heavy atom. The number of fused-ring (bicyclic) bond motifs is 12. The largest absolute Gasteiger partial charge is 0.491 e. The lowest BCUT2D eigenvalue weighted by Crippen LogP contribution is -2.50. The summed E-state index contributed by atoms with van der Waals surface area (Å²) in [5, 5.41) is 62.1. The molecule has 30 nitrogen and oxygen atoms in total. The van der Waals surface area contributed by atoms with Crippen LogP contribution < -0.4 is 23.7 Å². The molecule has 0 spiro atoms. The first-order valence-electron chi connectivity index (χ1n) is 46.2. The number of terminal acetylenes is 2. The molecule has 13 aromatic rings. The van der Waals surface area contributed by atoms with E-state index in [2.05, 4.69) is 48.5 Å². The van der Waals surface area contributed by atoms with Crippen LogP contribution in [0.1, 0.15) is 105 Å². The Labute approximate surface area is 838 Å². The van der Waals surface area contributed by atoms with Gasteiger partial charge in [0.05, 0.1) is 26.4 Å². The van der Waals surface area contributed by atoms with Crippen LogP contribution in [0.4, 0.5) is 23.6 Å². The van der Waals surface area contributed by atoms with Crippen molar-refractivity contribution in [2.24, 2.45) is 0 Å². The number of amides is 5. The number of aliphatic hydroxyl groups excluding tert-OH is 6. The smallest absolute Gasteiger partial charge is 0.416 e. The summed E-state index contributed by atoms with van der Waals surface area (Å²) in [6.07, 6.45) is 8.75. The fourth-order valence-corrected chi connectivity index (χ4v) is 18.7. The van der Waals surface area contributed by atoms with E-state index in [1.54, 1.807) is 70.0 Å². The van der Waals surface area contributed by atoms with Gasteiger partial charge >= 0.3 is 24.4 Å². The van der Waals surface area contributed by atoms with Gasteiger partial charge in [-0.2, -0.15) is 0 Å². The van der Waals surface area contributed by atoms with E-state index in [1.165, 1.54) is 24.3 Å². The third-order valence-electron chi connectivity index (χ3n) is 25.0. The SMILES string of the molecule is C#CCCOC(=O)N1CCc2c([nH]c3ccc(Cl)cc23)C1c1ccc(OCC(O)CO)cc1.C#CCOC(=O)N1CCc2c([nH]c3ccc(Cl)cc23)C1c1ccc(OCC(O)CO)cc1.CC#CCOC(=O)N1CCc2c([nH]c3ccc(Cl)cc23)C1c1ccc(OCC(O)CO)cc1.COCCN1CCN(C(=O)COc2ccc(C3c4[nH]c5ccc(Cl)cc5c4CCN3C(=O)Oc3ccc(F)cc3)cc2)CC1. The summed E-state index contributed by atoms with van der Waals surface area (Å²) in [4.78, 5) is 89.7. The van der Waals surface area contributed by atoms with Gasteiger partial charge in [-0.3, -0.25) is 29.3 Å². The van der Waals surface area contributed by atoms with Crippen LogP contribution in [0.15, 0.2) is 194 Å². The molecule has 35 heteroatoms. The number of nitrogens with one attached hydrogen (secondary N) is 4. The number of piperazine rings is 1. The van der Waals surface area contributed by atoms with E-state index in [-0.39, 0.29) is 83.8 Å². The Balaban J connectivity index is 0.000000144. The van der Waals surface area contributed by atoms with Gasteiger partial charge in [-0.15, -0.1) is 24.7 Å². The van der Waals surface area contributed by atoms with Crippen molar-refractivity contribution in [3.05, 3.63) is 287 Å². The maximum Gasteiger partial charge on any atom is 0.416 e. The van der Waals surface area contributed by atoms with Crippen LogP contribution in [-0.4, -0.2) is 267 Å². The Morgan fingerprint density at radius 2 is 0.746 bits per heavy atom. The number of aromatic nitrogens is 4. The third kappa shape index (κ3) is 24.9. The van der Waals surface area contributed by atoms with E-state index in [0.29, 0.717) is 121 Å². The van der Waals surface area contributed by atoms with Gasteiger partial charge in [0.15, 0.2) is 19.8 Å². The molecule has 9 aromatic carbocycles. The van der Waals surface area contributed by atoms with Gasteiger partial charge in [0, 0.05) is 159 Å².